The van der Waals surface area contributed by atoms with Crippen LogP contribution in [0.25, 0.3) is 0 Å². The molecule has 13 nitrogen and oxygen atoms in total. The molecular formula is C34H46N6O7. The minimum absolute atomic E-state index is 0.00999. The summed E-state index contributed by atoms with van der Waals surface area (Å²) < 4.78 is 5.47. The summed E-state index contributed by atoms with van der Waals surface area (Å²) in [5.74, 6) is -1.30. The van der Waals surface area contributed by atoms with Gasteiger partial charge in [0.05, 0.1) is 18.8 Å². The molecule has 1 fully saturated rings. The number of nitrogens with one attached hydrogen (secondary N) is 4. The minimum atomic E-state index is -1.09. The summed E-state index contributed by atoms with van der Waals surface area (Å²) in [7, 11) is 0. The number of carbonyl (C=O) groups is 5. The van der Waals surface area contributed by atoms with Crippen molar-refractivity contribution in [1.29, 1.82) is 0 Å². The van der Waals surface area contributed by atoms with Gasteiger partial charge in [0, 0.05) is 45.0 Å². The molecule has 3 heterocycles. The van der Waals surface area contributed by atoms with E-state index in [1.807, 2.05) is 29.2 Å². The summed E-state index contributed by atoms with van der Waals surface area (Å²) in [6.45, 7) is 1.91. The Balaban J connectivity index is 1.49. The van der Waals surface area contributed by atoms with Gasteiger partial charge in [0.25, 0.3) is 0 Å². The second-order valence-electron chi connectivity index (χ2n) is 12.3. The molecule has 7 N–H and O–H groups in total. The third-order valence-corrected chi connectivity index (χ3v) is 8.45. The van der Waals surface area contributed by atoms with Crippen molar-refractivity contribution in [3.63, 3.8) is 0 Å². The zero-order valence-corrected chi connectivity index (χ0v) is 26.6. The number of rotatable bonds is 3. The van der Waals surface area contributed by atoms with Crippen molar-refractivity contribution in [1.82, 2.24) is 26.2 Å². The van der Waals surface area contributed by atoms with E-state index in [0.29, 0.717) is 44.7 Å². The molecule has 4 amide bonds. The number of carbonyl (C=O) groups excluding carboxylic acids is 5. The highest BCUT2D eigenvalue weighted by molar-refractivity contribution is 5.98. The largest absolute Gasteiger partial charge is 0.469 e. The van der Waals surface area contributed by atoms with Crippen LogP contribution in [0.2, 0.25) is 0 Å². The Hall–Kier alpha value is -4.33. The lowest BCUT2D eigenvalue weighted by atomic mass is 9.94. The van der Waals surface area contributed by atoms with E-state index >= 15 is 0 Å². The Morgan fingerprint density at radius 1 is 0.957 bits per heavy atom. The van der Waals surface area contributed by atoms with Crippen LogP contribution in [0.1, 0.15) is 55.4 Å². The molecule has 4 rings (SSSR count). The van der Waals surface area contributed by atoms with E-state index in [-0.39, 0.29) is 61.8 Å². The zero-order valence-electron chi connectivity index (χ0n) is 26.6. The van der Waals surface area contributed by atoms with Crippen LogP contribution in [-0.4, -0.2) is 83.9 Å². The average Bonchev–Trinajstić information content (AvgIpc) is 3.55. The monoisotopic (exact) mass is 650 g/mol. The zero-order chi connectivity index (χ0) is 33.6. The van der Waals surface area contributed by atoms with Gasteiger partial charge in [-0.3, -0.25) is 34.2 Å². The Kier molecular flexibility index (Phi) is 13.7. The van der Waals surface area contributed by atoms with E-state index in [1.165, 1.54) is 18.4 Å². The molecule has 2 aliphatic rings. The number of benzene rings is 1. The Labute approximate surface area is 274 Å². The van der Waals surface area contributed by atoms with Crippen LogP contribution in [-0.2, 0) is 43.4 Å². The number of ketones is 1. The number of aliphatic hydroxyl groups excluding tert-OH is 1. The van der Waals surface area contributed by atoms with Crippen LogP contribution in [0.5, 0.6) is 0 Å². The molecule has 0 radical (unpaired) electrons. The summed E-state index contributed by atoms with van der Waals surface area (Å²) in [4.78, 5) is 65.6. The SMILES string of the molecule is NC(=O)[C@@H]1CCCCNC(=O)/C=C/C(=O)CN2CCC[C@H](CC(=O)N[C@@H](Cc3ccco3)C(=O)NCc3ccccc3CC(O)N1)C2. The van der Waals surface area contributed by atoms with Gasteiger partial charge in [-0.2, -0.15) is 0 Å². The van der Waals surface area contributed by atoms with E-state index in [2.05, 4.69) is 21.3 Å². The minimum Gasteiger partial charge on any atom is -0.469 e. The number of piperidine rings is 1. The molecule has 47 heavy (non-hydrogen) atoms. The number of nitrogens with zero attached hydrogens (tertiary/aromatic N) is 1. The van der Waals surface area contributed by atoms with Gasteiger partial charge in [-0.25, -0.2) is 0 Å². The molecule has 0 aliphatic carbocycles. The summed E-state index contributed by atoms with van der Waals surface area (Å²) in [6.07, 6.45) is 6.55. The smallest absolute Gasteiger partial charge is 0.244 e. The maximum Gasteiger partial charge on any atom is 0.244 e. The van der Waals surface area contributed by atoms with Crippen LogP contribution in [0.15, 0.2) is 59.2 Å². The maximum absolute atomic E-state index is 13.5. The highest BCUT2D eigenvalue weighted by atomic mass is 16.3. The molecule has 2 bridgehead atoms. The Bertz CT molecular complexity index is 1390. The van der Waals surface area contributed by atoms with Crippen molar-refractivity contribution in [3.05, 3.63) is 71.7 Å². The number of primary amides is 1. The Morgan fingerprint density at radius 2 is 1.77 bits per heavy atom. The molecule has 2 aliphatic heterocycles. The van der Waals surface area contributed by atoms with Crippen molar-refractivity contribution < 1.29 is 33.5 Å². The first-order chi connectivity index (χ1) is 22.7. The molecule has 254 valence electrons. The first-order valence-electron chi connectivity index (χ1n) is 16.3. The van der Waals surface area contributed by atoms with Gasteiger partial charge in [0.2, 0.25) is 23.6 Å². The molecule has 0 saturated carbocycles. The molecule has 13 heteroatoms. The molecular weight excluding hydrogens is 604 g/mol. The van der Waals surface area contributed by atoms with Gasteiger partial charge in [-0.05, 0) is 73.9 Å². The van der Waals surface area contributed by atoms with Gasteiger partial charge >= 0.3 is 0 Å². The van der Waals surface area contributed by atoms with Gasteiger partial charge in [0.1, 0.15) is 18.0 Å². The standard InChI is InChI=1S/C34H46N6O7/c35-33(45)28-11-3-4-14-36-30(42)13-12-26(41)22-40-15-5-7-23(21-40)17-31(43)39-29(19-27-10-6-16-47-27)34(46)37-20-25-9-2-1-8-24(25)18-32(44)38-28/h1-2,6,8-10,12-13,16,23,28-29,32,38,44H,3-5,7,11,14-15,17-22H2,(H2,35,45)(H,36,42)(H,37,46)(H,39,43)/b13-12+/t23-,28+,29+,32?/m1/s1. The third-order valence-electron chi connectivity index (χ3n) is 8.45. The number of fused-ring (bicyclic) bond motifs is 3. The maximum atomic E-state index is 13.5. The second-order valence-corrected chi connectivity index (χ2v) is 12.3. The second kappa shape index (κ2) is 18.1. The highest BCUT2D eigenvalue weighted by Crippen LogP contribution is 2.20. The van der Waals surface area contributed by atoms with Crippen molar-refractivity contribution in [2.24, 2.45) is 11.7 Å². The first-order valence-corrected chi connectivity index (χ1v) is 16.3. The van der Waals surface area contributed by atoms with Gasteiger partial charge in [0.15, 0.2) is 5.78 Å². The summed E-state index contributed by atoms with van der Waals surface area (Å²) in [5, 5.41) is 22.2. The predicted molar refractivity (Wildman–Crippen MR) is 173 cm³/mol. The highest BCUT2D eigenvalue weighted by Gasteiger charge is 2.27. The molecule has 0 spiro atoms. The van der Waals surface area contributed by atoms with E-state index in [1.54, 1.807) is 12.1 Å². The van der Waals surface area contributed by atoms with E-state index in [0.717, 1.165) is 24.0 Å². The number of amides is 4. The van der Waals surface area contributed by atoms with Crippen molar-refractivity contribution in [2.75, 3.05) is 26.2 Å². The fraction of sp³-hybridized carbons (Fsp3) is 0.500. The van der Waals surface area contributed by atoms with Crippen LogP contribution in [0, 0.1) is 5.92 Å². The lowest BCUT2D eigenvalue weighted by Gasteiger charge is -2.32. The fourth-order valence-corrected chi connectivity index (χ4v) is 6.04. The van der Waals surface area contributed by atoms with Crippen LogP contribution < -0.4 is 27.0 Å². The molecule has 2 aromatic rings. The predicted octanol–water partition coefficient (Wildman–Crippen LogP) is 0.455. The van der Waals surface area contributed by atoms with Crippen LogP contribution >= 0.6 is 0 Å². The van der Waals surface area contributed by atoms with Gasteiger partial charge in [-0.15, -0.1) is 0 Å². The van der Waals surface area contributed by atoms with Crippen molar-refractivity contribution >= 4 is 29.4 Å². The molecule has 2 unspecified atom stereocenters. The number of hydrogen-bond acceptors (Lipinski definition) is 9. The number of hydrogen-bond donors (Lipinski definition) is 6. The summed E-state index contributed by atoms with van der Waals surface area (Å²) in [5.41, 5.74) is 7.12. The van der Waals surface area contributed by atoms with E-state index < -0.39 is 24.2 Å². The lowest BCUT2D eigenvalue weighted by Crippen LogP contribution is -2.49. The topological polar surface area (TPSA) is 196 Å². The van der Waals surface area contributed by atoms with Crippen LogP contribution in [0.3, 0.4) is 0 Å². The van der Waals surface area contributed by atoms with Crippen LogP contribution in [0.4, 0.5) is 0 Å². The molecule has 5 atom stereocenters. The molecule has 1 aromatic heterocycles. The average molecular weight is 651 g/mol. The van der Waals surface area contributed by atoms with E-state index in [4.69, 9.17) is 10.2 Å². The molecule has 1 aromatic carbocycles. The van der Waals surface area contributed by atoms with Crippen molar-refractivity contribution in [3.8, 4) is 0 Å². The normalized spacial score (nSPS) is 27.0. The summed E-state index contributed by atoms with van der Waals surface area (Å²) in [6, 6.07) is 9.11. The quantitative estimate of drug-likeness (QED) is 0.273. The summed E-state index contributed by atoms with van der Waals surface area (Å²) >= 11 is 0. The number of nitrogens with two attached hydrogens (primary N) is 1. The first kappa shape index (κ1) is 35.5. The van der Waals surface area contributed by atoms with Gasteiger partial charge in [-0.1, -0.05) is 24.3 Å². The molecule has 1 saturated heterocycles. The Morgan fingerprint density at radius 3 is 2.53 bits per heavy atom. The van der Waals surface area contributed by atoms with E-state index in [9.17, 15) is 29.1 Å². The third kappa shape index (κ3) is 12.1. The fourth-order valence-electron chi connectivity index (χ4n) is 6.04. The number of aliphatic hydroxyl groups is 1. The lowest BCUT2D eigenvalue weighted by molar-refractivity contribution is -0.129. The number of furan rings is 1. The van der Waals surface area contributed by atoms with Gasteiger partial charge < -0.3 is 31.2 Å². The van der Waals surface area contributed by atoms with Crippen molar-refractivity contribution in [2.45, 2.75) is 76.2 Å².